The lowest BCUT2D eigenvalue weighted by molar-refractivity contribution is -0.145. The second-order valence-corrected chi connectivity index (χ2v) is 9.98. The van der Waals surface area contributed by atoms with E-state index in [9.17, 15) is 19.2 Å². The first-order valence-electron chi connectivity index (χ1n) is 11.0. The zero-order chi connectivity index (χ0) is 23.3. The van der Waals surface area contributed by atoms with Gasteiger partial charge >= 0.3 is 0 Å². The van der Waals surface area contributed by atoms with Gasteiger partial charge in [0.2, 0.25) is 23.6 Å². The number of rotatable bonds is 6. The van der Waals surface area contributed by atoms with Crippen LogP contribution in [0, 0.1) is 23.7 Å². The first-order valence-corrected chi connectivity index (χ1v) is 11.7. The fraction of sp³-hybridized carbons (Fsp3) is 0.478. The Morgan fingerprint density at radius 3 is 1.76 bits per heavy atom. The lowest BCUT2D eigenvalue weighted by atomic mass is 9.85. The Morgan fingerprint density at radius 2 is 1.30 bits per heavy atom. The molecule has 0 saturated carbocycles. The first-order chi connectivity index (χ1) is 15.8. The predicted molar refractivity (Wildman–Crippen MR) is 118 cm³/mol. The molecule has 8 nitrogen and oxygen atoms in total. The van der Waals surface area contributed by atoms with Crippen molar-refractivity contribution in [2.24, 2.45) is 23.7 Å². The number of imide groups is 2. The van der Waals surface area contributed by atoms with Gasteiger partial charge in [0.25, 0.3) is 0 Å². The van der Waals surface area contributed by atoms with Crippen molar-refractivity contribution in [1.82, 2.24) is 14.7 Å². The number of likely N-dealkylation sites (tertiary alicyclic amines) is 2. The summed E-state index contributed by atoms with van der Waals surface area (Å²) in [6.45, 7) is 0.132. The zero-order valence-electron chi connectivity index (χ0n) is 17.8. The largest absolute Gasteiger partial charge is 0.468 e. The standard InChI is InChI=1S/C23H23Cl2N3O5/c24-13-3-5-16-18(8-13)22(31)27(20(16)29)11-26(10-15-2-1-7-33-15)12-28-21(30)17-6-4-14(25)9-19(17)23(28)32/h1-4,7,16-19H,5-6,8-12H2/t16-,17-,18-,19-/m0/s1. The monoisotopic (exact) mass is 491 g/mol. The van der Waals surface area contributed by atoms with Crippen LogP contribution < -0.4 is 0 Å². The van der Waals surface area contributed by atoms with Gasteiger partial charge < -0.3 is 4.42 Å². The van der Waals surface area contributed by atoms with Crippen LogP contribution in [-0.4, -0.2) is 51.7 Å². The average molecular weight is 492 g/mol. The molecule has 4 aliphatic rings. The molecule has 5 rings (SSSR count). The van der Waals surface area contributed by atoms with Gasteiger partial charge in [-0.2, -0.15) is 0 Å². The number of carbonyl (C=O) groups is 4. The van der Waals surface area contributed by atoms with Gasteiger partial charge in [-0.25, -0.2) is 0 Å². The molecule has 3 heterocycles. The maximum absolute atomic E-state index is 13.0. The molecular weight excluding hydrogens is 469 g/mol. The average Bonchev–Trinajstić information content (AvgIpc) is 3.44. The minimum Gasteiger partial charge on any atom is -0.468 e. The van der Waals surface area contributed by atoms with Crippen molar-refractivity contribution >= 4 is 46.8 Å². The molecule has 2 aliphatic heterocycles. The molecule has 2 fully saturated rings. The third kappa shape index (κ3) is 4.05. The van der Waals surface area contributed by atoms with E-state index in [1.165, 1.54) is 16.1 Å². The normalized spacial score (nSPS) is 29.5. The van der Waals surface area contributed by atoms with Crippen molar-refractivity contribution in [2.75, 3.05) is 13.3 Å². The van der Waals surface area contributed by atoms with Crippen LogP contribution in [0.4, 0.5) is 0 Å². The van der Waals surface area contributed by atoms with Crippen molar-refractivity contribution in [2.45, 2.75) is 32.2 Å². The summed E-state index contributed by atoms with van der Waals surface area (Å²) in [6, 6.07) is 3.50. The second kappa shape index (κ2) is 8.74. The summed E-state index contributed by atoms with van der Waals surface area (Å²) in [7, 11) is 0. The summed E-state index contributed by atoms with van der Waals surface area (Å²) in [5.74, 6) is -2.23. The van der Waals surface area contributed by atoms with Crippen LogP contribution in [0.5, 0.6) is 0 Å². The van der Waals surface area contributed by atoms with Crippen molar-refractivity contribution < 1.29 is 23.6 Å². The zero-order valence-corrected chi connectivity index (χ0v) is 19.3. The van der Waals surface area contributed by atoms with Gasteiger partial charge in [0.15, 0.2) is 0 Å². The molecule has 0 spiro atoms. The Hall–Kier alpha value is -2.42. The van der Waals surface area contributed by atoms with Crippen LogP contribution in [0.3, 0.4) is 0 Å². The molecule has 2 saturated heterocycles. The summed E-state index contributed by atoms with van der Waals surface area (Å²) in [5, 5.41) is 1.18. The fourth-order valence-electron chi connectivity index (χ4n) is 5.24. The summed E-state index contributed by atoms with van der Waals surface area (Å²) in [4.78, 5) is 56.3. The van der Waals surface area contributed by atoms with Gasteiger partial charge in [0.05, 0.1) is 49.8 Å². The molecule has 0 N–H and O–H groups in total. The van der Waals surface area contributed by atoms with Crippen molar-refractivity contribution in [3.8, 4) is 0 Å². The molecule has 0 aromatic carbocycles. The van der Waals surface area contributed by atoms with Crippen LogP contribution in [-0.2, 0) is 25.7 Å². The molecule has 0 radical (unpaired) electrons. The van der Waals surface area contributed by atoms with Crippen molar-refractivity contribution in [1.29, 1.82) is 0 Å². The molecule has 33 heavy (non-hydrogen) atoms. The maximum Gasteiger partial charge on any atom is 0.234 e. The lowest BCUT2D eigenvalue weighted by Gasteiger charge is -2.29. The van der Waals surface area contributed by atoms with Crippen molar-refractivity contribution in [3.63, 3.8) is 0 Å². The number of fused-ring (bicyclic) bond motifs is 2. The second-order valence-electron chi connectivity index (χ2n) is 9.01. The molecular formula is C23H23Cl2N3O5. The van der Waals surface area contributed by atoms with Gasteiger partial charge in [-0.15, -0.1) is 0 Å². The Kier molecular flexibility index (Phi) is 5.93. The summed E-state index contributed by atoms with van der Waals surface area (Å²) in [5.41, 5.74) is 0. The van der Waals surface area contributed by atoms with Crippen LogP contribution in [0.15, 0.2) is 45.0 Å². The minimum atomic E-state index is -0.466. The third-order valence-corrected chi connectivity index (χ3v) is 7.58. The molecule has 1 aromatic rings. The lowest BCUT2D eigenvalue weighted by Crippen LogP contribution is -2.47. The highest BCUT2D eigenvalue weighted by Gasteiger charge is 2.51. The maximum atomic E-state index is 13.0. The number of amides is 4. The molecule has 1 aromatic heterocycles. The van der Waals surface area contributed by atoms with E-state index in [0.29, 0.717) is 41.5 Å². The number of nitrogens with zero attached hydrogens (tertiary/aromatic N) is 3. The van der Waals surface area contributed by atoms with Crippen molar-refractivity contribution in [3.05, 3.63) is 46.4 Å². The molecule has 10 heteroatoms. The topological polar surface area (TPSA) is 91.1 Å². The smallest absolute Gasteiger partial charge is 0.234 e. The van der Waals surface area contributed by atoms with Crippen LogP contribution in [0.2, 0.25) is 0 Å². The Labute approximate surface area is 200 Å². The SMILES string of the molecule is O=C1[C@H]2CC=C(Cl)C[C@@H]2C(=O)N1CN(Cc1ccco1)CN1C(=O)[C@H]2CC=C(Cl)C[C@@H]2C1=O. The minimum absolute atomic E-state index is 0.0472. The number of furan rings is 1. The highest BCUT2D eigenvalue weighted by atomic mass is 35.5. The van der Waals surface area contributed by atoms with E-state index in [0.717, 1.165) is 0 Å². The highest BCUT2D eigenvalue weighted by Crippen LogP contribution is 2.40. The van der Waals surface area contributed by atoms with E-state index in [1.807, 2.05) is 0 Å². The first kappa shape index (κ1) is 22.4. The predicted octanol–water partition coefficient (Wildman–Crippen LogP) is 3.03. The number of carbonyl (C=O) groups excluding carboxylic acids is 4. The van der Waals surface area contributed by atoms with Gasteiger partial charge in [0, 0.05) is 10.1 Å². The number of hydrogen-bond acceptors (Lipinski definition) is 6. The summed E-state index contributed by atoms with van der Waals surface area (Å²) in [6.07, 6.45) is 6.68. The van der Waals surface area contributed by atoms with E-state index in [2.05, 4.69) is 0 Å². The Bertz CT molecular complexity index is 1000. The van der Waals surface area contributed by atoms with E-state index >= 15 is 0 Å². The van der Waals surface area contributed by atoms with Gasteiger partial charge in [-0.1, -0.05) is 35.4 Å². The van der Waals surface area contributed by atoms with Gasteiger partial charge in [0.1, 0.15) is 5.76 Å². The number of hydrogen-bond donors (Lipinski definition) is 0. The summed E-state index contributed by atoms with van der Waals surface area (Å²) >= 11 is 12.2. The van der Waals surface area contributed by atoms with Crippen LogP contribution >= 0.6 is 23.2 Å². The molecule has 0 unspecified atom stereocenters. The Balaban J connectivity index is 1.35. The van der Waals surface area contributed by atoms with E-state index in [-0.39, 0.29) is 43.5 Å². The fourth-order valence-corrected chi connectivity index (χ4v) is 5.75. The molecule has 2 aliphatic carbocycles. The quantitative estimate of drug-likeness (QED) is 0.568. The summed E-state index contributed by atoms with van der Waals surface area (Å²) < 4.78 is 5.45. The van der Waals surface area contributed by atoms with E-state index < -0.39 is 23.7 Å². The highest BCUT2D eigenvalue weighted by molar-refractivity contribution is 6.30. The van der Waals surface area contributed by atoms with Crippen LogP contribution in [0.25, 0.3) is 0 Å². The molecule has 4 atom stereocenters. The van der Waals surface area contributed by atoms with Gasteiger partial charge in [-0.05, 0) is 37.8 Å². The molecule has 4 amide bonds. The molecule has 174 valence electrons. The third-order valence-electron chi connectivity index (χ3n) is 6.96. The number of halogens is 2. The number of allylic oxidation sites excluding steroid dienone is 4. The van der Waals surface area contributed by atoms with Gasteiger partial charge in [-0.3, -0.25) is 33.9 Å². The molecule has 0 bridgehead atoms. The Morgan fingerprint density at radius 1 is 0.818 bits per heavy atom. The van der Waals surface area contributed by atoms with E-state index in [4.69, 9.17) is 27.6 Å². The van der Waals surface area contributed by atoms with Crippen LogP contribution in [0.1, 0.15) is 31.4 Å². The van der Waals surface area contributed by atoms with E-state index in [1.54, 1.807) is 29.2 Å².